The molecule has 0 aliphatic carbocycles. The lowest BCUT2D eigenvalue weighted by atomic mass is 10.0. The summed E-state index contributed by atoms with van der Waals surface area (Å²) in [6.45, 7) is 0. The SMILES string of the molecule is c1ccc2nc(-c3ccc(-c4ccc(N(c5ccc(-c6cc7ccccc7o6)cc5)c5ccc(-c6cc7ccccc7o6)cc5)cc4)cc3)ccc2c1. The molecule has 0 aliphatic heterocycles. The fraction of sp³-hybridized carbons (Fsp3) is 0. The molecule has 0 bridgehead atoms. The second-order valence-corrected chi connectivity index (χ2v) is 13.2. The summed E-state index contributed by atoms with van der Waals surface area (Å²) in [6, 6.07) is 67.4. The lowest BCUT2D eigenvalue weighted by Crippen LogP contribution is -2.09. The van der Waals surface area contributed by atoms with Crippen molar-refractivity contribution in [1.29, 1.82) is 0 Å². The average Bonchev–Trinajstić information content (AvgIpc) is 3.87. The van der Waals surface area contributed by atoms with Gasteiger partial charge in [0.25, 0.3) is 0 Å². The molecule has 0 N–H and O–H groups in total. The molecule has 0 atom stereocenters. The second-order valence-electron chi connectivity index (χ2n) is 13.2. The zero-order valence-corrected chi connectivity index (χ0v) is 28.7. The molecule has 3 aromatic heterocycles. The third-order valence-corrected chi connectivity index (χ3v) is 9.91. The van der Waals surface area contributed by atoms with Crippen LogP contribution in [-0.4, -0.2) is 4.98 Å². The smallest absolute Gasteiger partial charge is 0.135 e. The molecule has 0 amide bonds. The zero-order chi connectivity index (χ0) is 35.1. The van der Waals surface area contributed by atoms with Gasteiger partial charge in [-0.1, -0.05) is 97.1 Å². The van der Waals surface area contributed by atoms with Crippen molar-refractivity contribution < 1.29 is 8.83 Å². The minimum atomic E-state index is 0.853. The largest absolute Gasteiger partial charge is 0.456 e. The van der Waals surface area contributed by atoms with E-state index in [1.807, 2.05) is 48.5 Å². The van der Waals surface area contributed by atoms with E-state index in [2.05, 4.69) is 150 Å². The van der Waals surface area contributed by atoms with Crippen molar-refractivity contribution in [2.45, 2.75) is 0 Å². The van der Waals surface area contributed by atoms with Crippen LogP contribution in [0.2, 0.25) is 0 Å². The number of pyridine rings is 1. The molecule has 4 nitrogen and oxygen atoms in total. The maximum Gasteiger partial charge on any atom is 0.135 e. The van der Waals surface area contributed by atoms with Crippen molar-refractivity contribution in [3.63, 3.8) is 0 Å². The molecule has 10 rings (SSSR count). The molecule has 10 aromatic rings. The highest BCUT2D eigenvalue weighted by atomic mass is 16.3. The van der Waals surface area contributed by atoms with Gasteiger partial charge >= 0.3 is 0 Å². The predicted molar refractivity (Wildman–Crippen MR) is 218 cm³/mol. The molecule has 3 heterocycles. The fourth-order valence-corrected chi connectivity index (χ4v) is 7.11. The first kappa shape index (κ1) is 30.6. The van der Waals surface area contributed by atoms with Crippen LogP contribution in [0.3, 0.4) is 0 Å². The number of hydrogen-bond acceptors (Lipinski definition) is 4. The molecule has 7 aromatic carbocycles. The number of nitrogens with zero attached hydrogens (tertiary/aromatic N) is 2. The summed E-state index contributed by atoms with van der Waals surface area (Å²) >= 11 is 0. The van der Waals surface area contributed by atoms with Crippen molar-refractivity contribution in [3.05, 3.63) is 194 Å². The maximum absolute atomic E-state index is 6.18. The Kier molecular flexibility index (Phi) is 7.43. The van der Waals surface area contributed by atoms with Gasteiger partial charge in [-0.2, -0.15) is 0 Å². The Morgan fingerprint density at radius 3 is 1.26 bits per heavy atom. The topological polar surface area (TPSA) is 42.4 Å². The van der Waals surface area contributed by atoms with Crippen molar-refractivity contribution in [2.75, 3.05) is 4.90 Å². The van der Waals surface area contributed by atoms with Gasteiger partial charge < -0.3 is 13.7 Å². The van der Waals surface area contributed by atoms with Gasteiger partial charge in [0, 0.05) is 49.9 Å². The summed E-state index contributed by atoms with van der Waals surface area (Å²) in [5.74, 6) is 1.71. The minimum Gasteiger partial charge on any atom is -0.456 e. The molecular formula is C49H32N2O2. The first-order valence-corrected chi connectivity index (χ1v) is 17.8. The highest BCUT2D eigenvalue weighted by Gasteiger charge is 2.16. The van der Waals surface area contributed by atoms with Crippen LogP contribution in [0.15, 0.2) is 203 Å². The average molecular weight is 681 g/mol. The number of aromatic nitrogens is 1. The van der Waals surface area contributed by atoms with Gasteiger partial charge in [-0.25, -0.2) is 4.98 Å². The molecule has 0 fully saturated rings. The number of furan rings is 2. The molecule has 0 aliphatic rings. The van der Waals surface area contributed by atoms with Gasteiger partial charge in [0.15, 0.2) is 0 Å². The van der Waals surface area contributed by atoms with E-state index in [9.17, 15) is 0 Å². The highest BCUT2D eigenvalue weighted by molar-refractivity contribution is 5.86. The summed E-state index contributed by atoms with van der Waals surface area (Å²) in [5.41, 5.74) is 12.3. The zero-order valence-electron chi connectivity index (χ0n) is 28.7. The first-order chi connectivity index (χ1) is 26.2. The second kappa shape index (κ2) is 12.9. The van der Waals surface area contributed by atoms with Crippen LogP contribution in [-0.2, 0) is 0 Å². The lowest BCUT2D eigenvalue weighted by molar-refractivity contribution is 0.631. The summed E-state index contributed by atoms with van der Waals surface area (Å²) in [4.78, 5) is 7.17. The molecule has 250 valence electrons. The van der Waals surface area contributed by atoms with Gasteiger partial charge in [-0.05, 0) is 108 Å². The Labute approximate surface area is 306 Å². The Morgan fingerprint density at radius 1 is 0.340 bits per heavy atom. The van der Waals surface area contributed by atoms with Crippen LogP contribution >= 0.6 is 0 Å². The van der Waals surface area contributed by atoms with Crippen molar-refractivity contribution in [2.24, 2.45) is 0 Å². The standard InChI is InChI=1S/C49H32N2O2/c1-4-10-44-35(7-1)23-30-45(50-44)36-15-13-33(14-16-36)34-17-24-41(25-18-34)51(42-26-19-37(20-27-42)48-31-39-8-2-5-11-46(39)52-48)43-28-21-38(22-29-43)49-32-40-9-3-6-12-47(40)53-49/h1-32H. The van der Waals surface area contributed by atoms with Gasteiger partial charge in [-0.15, -0.1) is 0 Å². The monoisotopic (exact) mass is 680 g/mol. The van der Waals surface area contributed by atoms with Gasteiger partial charge in [0.05, 0.1) is 11.2 Å². The Bertz CT molecular complexity index is 2680. The molecule has 0 radical (unpaired) electrons. The minimum absolute atomic E-state index is 0.853. The maximum atomic E-state index is 6.18. The summed E-state index contributed by atoms with van der Waals surface area (Å²) in [6.07, 6.45) is 0. The van der Waals surface area contributed by atoms with E-state index in [1.54, 1.807) is 0 Å². The highest BCUT2D eigenvalue weighted by Crippen LogP contribution is 2.39. The van der Waals surface area contributed by atoms with Crippen LogP contribution in [0.1, 0.15) is 0 Å². The van der Waals surface area contributed by atoms with E-state index in [-0.39, 0.29) is 0 Å². The molecule has 0 saturated heterocycles. The van der Waals surface area contributed by atoms with Crippen LogP contribution in [0.25, 0.3) is 77.9 Å². The predicted octanol–water partition coefficient (Wildman–Crippen LogP) is 13.9. The Balaban J connectivity index is 0.975. The molecule has 53 heavy (non-hydrogen) atoms. The number of anilines is 3. The van der Waals surface area contributed by atoms with E-state index >= 15 is 0 Å². The first-order valence-electron chi connectivity index (χ1n) is 17.8. The van der Waals surface area contributed by atoms with Crippen LogP contribution in [0, 0.1) is 0 Å². The summed E-state index contributed by atoms with van der Waals surface area (Å²) < 4.78 is 12.4. The van der Waals surface area contributed by atoms with Gasteiger partial charge in [0.1, 0.15) is 22.7 Å². The van der Waals surface area contributed by atoms with Crippen molar-refractivity contribution in [3.8, 4) is 45.0 Å². The number of para-hydroxylation sites is 3. The molecule has 4 heteroatoms. The third kappa shape index (κ3) is 5.82. The van der Waals surface area contributed by atoms with Crippen LogP contribution in [0.4, 0.5) is 17.1 Å². The van der Waals surface area contributed by atoms with Crippen LogP contribution < -0.4 is 4.90 Å². The van der Waals surface area contributed by atoms with Crippen molar-refractivity contribution in [1.82, 2.24) is 4.98 Å². The van der Waals surface area contributed by atoms with E-state index in [1.165, 1.54) is 0 Å². The third-order valence-electron chi connectivity index (χ3n) is 9.91. The Hall–Kier alpha value is -7.17. The number of rotatable bonds is 7. The number of hydrogen-bond donors (Lipinski definition) is 0. The summed E-state index contributed by atoms with van der Waals surface area (Å²) in [5, 5.41) is 3.34. The number of fused-ring (bicyclic) bond motifs is 3. The molecule has 0 saturated carbocycles. The number of benzene rings is 7. The molecular weight excluding hydrogens is 649 g/mol. The van der Waals surface area contributed by atoms with Gasteiger partial charge in [0.2, 0.25) is 0 Å². The van der Waals surface area contributed by atoms with E-state index in [0.717, 1.165) is 94.9 Å². The van der Waals surface area contributed by atoms with E-state index in [4.69, 9.17) is 13.8 Å². The summed E-state index contributed by atoms with van der Waals surface area (Å²) in [7, 11) is 0. The Morgan fingerprint density at radius 2 is 0.755 bits per heavy atom. The quantitative estimate of drug-likeness (QED) is 0.168. The molecule has 0 unspecified atom stereocenters. The fourth-order valence-electron chi connectivity index (χ4n) is 7.11. The van der Waals surface area contributed by atoms with Crippen LogP contribution in [0.5, 0.6) is 0 Å². The van der Waals surface area contributed by atoms with E-state index < -0.39 is 0 Å². The van der Waals surface area contributed by atoms with Crippen molar-refractivity contribution >= 4 is 49.9 Å². The van der Waals surface area contributed by atoms with E-state index in [0.29, 0.717) is 0 Å². The van der Waals surface area contributed by atoms with Gasteiger partial charge in [-0.3, -0.25) is 0 Å². The normalized spacial score (nSPS) is 11.4. The lowest BCUT2D eigenvalue weighted by Gasteiger charge is -2.26. The molecule has 0 spiro atoms.